The van der Waals surface area contributed by atoms with Crippen LogP contribution in [-0.4, -0.2) is 12.5 Å². The van der Waals surface area contributed by atoms with Crippen LogP contribution in [0.4, 0.5) is 5.69 Å². The minimum atomic E-state index is -0.0976. The van der Waals surface area contributed by atoms with Crippen molar-refractivity contribution in [3.8, 4) is 0 Å². The zero-order valence-electron chi connectivity index (χ0n) is 11.6. The highest BCUT2D eigenvalue weighted by Crippen LogP contribution is 2.23. The predicted molar refractivity (Wildman–Crippen MR) is 76.7 cm³/mol. The number of aryl methyl sites for hydroxylation is 2. The topological polar surface area (TPSA) is 55.1 Å². The molecule has 0 aliphatic rings. The SMILES string of the molecule is CCc1cccc(CC)c1NC(=O)C(CC)CN. The fraction of sp³-hybridized carbons (Fsp3) is 0.533. The molecule has 1 unspecified atom stereocenters. The number of hydrogen-bond donors (Lipinski definition) is 2. The minimum Gasteiger partial charge on any atom is -0.330 e. The Bertz CT molecular complexity index is 375. The van der Waals surface area contributed by atoms with Gasteiger partial charge in [0.2, 0.25) is 5.91 Å². The van der Waals surface area contributed by atoms with Gasteiger partial charge >= 0.3 is 0 Å². The summed E-state index contributed by atoms with van der Waals surface area (Å²) in [5.41, 5.74) is 8.98. The Balaban J connectivity index is 2.98. The van der Waals surface area contributed by atoms with Gasteiger partial charge in [-0.25, -0.2) is 0 Å². The molecular formula is C15H24N2O. The number of nitrogens with one attached hydrogen (secondary N) is 1. The summed E-state index contributed by atoms with van der Waals surface area (Å²) in [6.07, 6.45) is 2.61. The zero-order valence-corrected chi connectivity index (χ0v) is 11.6. The van der Waals surface area contributed by atoms with Crippen molar-refractivity contribution in [2.75, 3.05) is 11.9 Å². The van der Waals surface area contributed by atoms with Gasteiger partial charge in [0.25, 0.3) is 0 Å². The lowest BCUT2D eigenvalue weighted by atomic mass is 10.0. The monoisotopic (exact) mass is 248 g/mol. The van der Waals surface area contributed by atoms with Crippen molar-refractivity contribution >= 4 is 11.6 Å². The van der Waals surface area contributed by atoms with Crippen molar-refractivity contribution in [1.82, 2.24) is 0 Å². The van der Waals surface area contributed by atoms with E-state index in [-0.39, 0.29) is 11.8 Å². The molecule has 3 nitrogen and oxygen atoms in total. The molecule has 0 aromatic heterocycles. The molecule has 3 heteroatoms. The van der Waals surface area contributed by atoms with Gasteiger partial charge in [-0.15, -0.1) is 0 Å². The Morgan fingerprint density at radius 2 is 1.78 bits per heavy atom. The highest BCUT2D eigenvalue weighted by Gasteiger charge is 2.17. The maximum atomic E-state index is 12.1. The van der Waals surface area contributed by atoms with Gasteiger partial charge in [-0.3, -0.25) is 4.79 Å². The first-order valence-electron chi connectivity index (χ1n) is 6.79. The van der Waals surface area contributed by atoms with E-state index in [4.69, 9.17) is 5.73 Å². The van der Waals surface area contributed by atoms with Crippen molar-refractivity contribution in [3.05, 3.63) is 29.3 Å². The third-order valence-corrected chi connectivity index (χ3v) is 3.40. The van der Waals surface area contributed by atoms with E-state index in [0.29, 0.717) is 6.54 Å². The van der Waals surface area contributed by atoms with Gasteiger partial charge in [-0.2, -0.15) is 0 Å². The highest BCUT2D eigenvalue weighted by molar-refractivity contribution is 5.94. The number of hydrogen-bond acceptors (Lipinski definition) is 2. The molecule has 1 aromatic carbocycles. The number of amides is 1. The van der Waals surface area contributed by atoms with Crippen LogP contribution in [0.1, 0.15) is 38.3 Å². The second-order valence-corrected chi connectivity index (χ2v) is 4.49. The first-order valence-corrected chi connectivity index (χ1v) is 6.79. The van der Waals surface area contributed by atoms with E-state index < -0.39 is 0 Å². The quantitative estimate of drug-likeness (QED) is 0.813. The average Bonchev–Trinajstić information content (AvgIpc) is 2.40. The summed E-state index contributed by atoms with van der Waals surface area (Å²) in [6, 6.07) is 6.18. The van der Waals surface area contributed by atoms with E-state index in [1.807, 2.05) is 13.0 Å². The first-order chi connectivity index (χ1) is 8.67. The van der Waals surface area contributed by atoms with Crippen LogP contribution in [0, 0.1) is 5.92 Å². The van der Waals surface area contributed by atoms with E-state index in [1.165, 1.54) is 11.1 Å². The van der Waals surface area contributed by atoms with Crippen LogP contribution in [0.15, 0.2) is 18.2 Å². The summed E-state index contributed by atoms with van der Waals surface area (Å²) in [6.45, 7) is 6.59. The van der Waals surface area contributed by atoms with Crippen LogP contribution in [0.3, 0.4) is 0 Å². The van der Waals surface area contributed by atoms with Gasteiger partial charge in [0.15, 0.2) is 0 Å². The lowest BCUT2D eigenvalue weighted by Gasteiger charge is -2.17. The van der Waals surface area contributed by atoms with E-state index in [0.717, 1.165) is 24.9 Å². The van der Waals surface area contributed by atoms with Gasteiger partial charge < -0.3 is 11.1 Å². The molecule has 0 saturated heterocycles. The first kappa shape index (κ1) is 14.7. The molecule has 100 valence electrons. The summed E-state index contributed by atoms with van der Waals surface area (Å²) in [5, 5.41) is 3.06. The highest BCUT2D eigenvalue weighted by atomic mass is 16.1. The molecule has 0 saturated carbocycles. The van der Waals surface area contributed by atoms with Crippen LogP contribution in [-0.2, 0) is 17.6 Å². The lowest BCUT2D eigenvalue weighted by Crippen LogP contribution is -2.29. The molecule has 0 aliphatic heterocycles. The van der Waals surface area contributed by atoms with Crippen LogP contribution in [0.2, 0.25) is 0 Å². The standard InChI is InChI=1S/C15H24N2O/c1-4-11-8-7-9-12(5-2)14(11)17-15(18)13(6-3)10-16/h7-9,13H,4-6,10,16H2,1-3H3,(H,17,18). The zero-order chi connectivity index (χ0) is 13.5. The number of rotatable bonds is 6. The molecule has 1 rings (SSSR count). The van der Waals surface area contributed by atoms with Gasteiger partial charge in [0, 0.05) is 12.2 Å². The normalized spacial score (nSPS) is 12.2. The fourth-order valence-corrected chi connectivity index (χ4v) is 2.09. The number of carbonyl (C=O) groups is 1. The lowest BCUT2D eigenvalue weighted by molar-refractivity contribution is -0.119. The number of para-hydroxylation sites is 1. The third-order valence-electron chi connectivity index (χ3n) is 3.40. The van der Waals surface area contributed by atoms with Gasteiger partial charge in [-0.05, 0) is 30.4 Å². The number of carbonyl (C=O) groups excluding carboxylic acids is 1. The summed E-state index contributed by atoms with van der Waals surface area (Å²) >= 11 is 0. The number of anilines is 1. The summed E-state index contributed by atoms with van der Waals surface area (Å²) in [5.74, 6) is -0.0600. The Morgan fingerprint density at radius 1 is 1.22 bits per heavy atom. The van der Waals surface area contributed by atoms with E-state index in [2.05, 4.69) is 31.3 Å². The number of benzene rings is 1. The van der Waals surface area contributed by atoms with Gasteiger partial charge in [-0.1, -0.05) is 39.0 Å². The van der Waals surface area contributed by atoms with E-state index in [9.17, 15) is 4.79 Å². The molecule has 1 atom stereocenters. The molecule has 1 aromatic rings. The number of nitrogens with two attached hydrogens (primary N) is 1. The Morgan fingerprint density at radius 3 is 2.17 bits per heavy atom. The molecule has 0 bridgehead atoms. The van der Waals surface area contributed by atoms with Gasteiger partial charge in [0.05, 0.1) is 5.92 Å². The second-order valence-electron chi connectivity index (χ2n) is 4.49. The van der Waals surface area contributed by atoms with Crippen molar-refractivity contribution < 1.29 is 4.79 Å². The maximum Gasteiger partial charge on any atom is 0.228 e. The van der Waals surface area contributed by atoms with Crippen LogP contribution >= 0.6 is 0 Å². The molecular weight excluding hydrogens is 224 g/mol. The summed E-state index contributed by atoms with van der Waals surface area (Å²) < 4.78 is 0. The van der Waals surface area contributed by atoms with Crippen molar-refractivity contribution in [3.63, 3.8) is 0 Å². The predicted octanol–water partition coefficient (Wildman–Crippen LogP) is 2.73. The minimum absolute atomic E-state index is 0.0376. The average molecular weight is 248 g/mol. The molecule has 0 heterocycles. The Labute approximate surface area is 110 Å². The largest absolute Gasteiger partial charge is 0.330 e. The van der Waals surface area contributed by atoms with Crippen LogP contribution in [0.25, 0.3) is 0 Å². The van der Waals surface area contributed by atoms with Crippen LogP contribution in [0.5, 0.6) is 0 Å². The molecule has 1 amide bonds. The molecule has 0 radical (unpaired) electrons. The van der Waals surface area contributed by atoms with Crippen molar-refractivity contribution in [2.45, 2.75) is 40.0 Å². The Hall–Kier alpha value is -1.35. The second kappa shape index (κ2) is 7.17. The van der Waals surface area contributed by atoms with E-state index in [1.54, 1.807) is 0 Å². The fourth-order valence-electron chi connectivity index (χ4n) is 2.09. The molecule has 0 aliphatic carbocycles. The van der Waals surface area contributed by atoms with Crippen LogP contribution < -0.4 is 11.1 Å². The molecule has 18 heavy (non-hydrogen) atoms. The summed E-state index contributed by atoms with van der Waals surface area (Å²) in [7, 11) is 0. The molecule has 0 spiro atoms. The third kappa shape index (κ3) is 3.33. The van der Waals surface area contributed by atoms with Crippen molar-refractivity contribution in [2.24, 2.45) is 11.7 Å². The van der Waals surface area contributed by atoms with Gasteiger partial charge in [0.1, 0.15) is 0 Å². The summed E-state index contributed by atoms with van der Waals surface area (Å²) in [4.78, 5) is 12.1. The smallest absolute Gasteiger partial charge is 0.228 e. The Kier molecular flexibility index (Phi) is 5.86. The molecule has 0 fully saturated rings. The maximum absolute atomic E-state index is 12.1. The van der Waals surface area contributed by atoms with E-state index >= 15 is 0 Å². The van der Waals surface area contributed by atoms with Crippen molar-refractivity contribution in [1.29, 1.82) is 0 Å². The molecule has 3 N–H and O–H groups in total.